The minimum Gasteiger partial charge on any atom is -0.314 e. The van der Waals surface area contributed by atoms with Gasteiger partial charge in [0.25, 0.3) is 0 Å². The largest absolute Gasteiger partial charge is 0.314 e. The summed E-state index contributed by atoms with van der Waals surface area (Å²) < 4.78 is 0. The van der Waals surface area contributed by atoms with Gasteiger partial charge in [0.15, 0.2) is 0 Å². The summed E-state index contributed by atoms with van der Waals surface area (Å²) in [4.78, 5) is 0. The molecule has 1 N–H and O–H groups in total. The Morgan fingerprint density at radius 3 is 2.39 bits per heavy atom. The molecule has 1 aliphatic rings. The van der Waals surface area contributed by atoms with E-state index < -0.39 is 0 Å². The molecule has 0 aromatic carbocycles. The molecule has 0 heterocycles. The van der Waals surface area contributed by atoms with E-state index >= 15 is 0 Å². The minimum atomic E-state index is -0.140. The molecule has 1 rings (SSSR count). The van der Waals surface area contributed by atoms with Crippen molar-refractivity contribution in [2.75, 3.05) is 6.54 Å². The summed E-state index contributed by atoms with van der Waals surface area (Å²) in [7, 11) is 0. The van der Waals surface area contributed by atoms with E-state index in [1.54, 1.807) is 0 Å². The smallest absolute Gasteiger partial charge is 0.0683 e. The third-order valence-corrected chi connectivity index (χ3v) is 4.39. The van der Waals surface area contributed by atoms with Gasteiger partial charge in [-0.1, -0.05) is 19.8 Å². The number of unbranched alkanes of at least 4 members (excludes halogenated alkanes) is 1. The Balaban J connectivity index is 2.01. The SMILES string of the molecule is CCC1CCC(NCCCCC(C)(C)C#N)CC1. The molecule has 18 heavy (non-hydrogen) atoms. The fourth-order valence-corrected chi connectivity index (χ4v) is 2.83. The lowest BCUT2D eigenvalue weighted by Gasteiger charge is -2.28. The van der Waals surface area contributed by atoms with Crippen LogP contribution in [0.4, 0.5) is 0 Å². The Labute approximate surface area is 113 Å². The predicted molar refractivity (Wildman–Crippen MR) is 77.3 cm³/mol. The lowest BCUT2D eigenvalue weighted by atomic mass is 9.84. The van der Waals surface area contributed by atoms with Gasteiger partial charge in [-0.15, -0.1) is 0 Å². The van der Waals surface area contributed by atoms with Crippen LogP contribution in [0.1, 0.15) is 72.1 Å². The van der Waals surface area contributed by atoms with E-state index in [1.165, 1.54) is 38.5 Å². The van der Waals surface area contributed by atoms with Crippen molar-refractivity contribution >= 4 is 0 Å². The molecule has 1 fully saturated rings. The third kappa shape index (κ3) is 5.87. The average molecular weight is 250 g/mol. The summed E-state index contributed by atoms with van der Waals surface area (Å²) in [6, 6.07) is 3.13. The second-order valence-electron chi connectivity index (χ2n) is 6.53. The monoisotopic (exact) mass is 250 g/mol. The first-order valence-electron chi connectivity index (χ1n) is 7.72. The van der Waals surface area contributed by atoms with Gasteiger partial charge in [-0.25, -0.2) is 0 Å². The molecular weight excluding hydrogens is 220 g/mol. The quantitative estimate of drug-likeness (QED) is 0.685. The van der Waals surface area contributed by atoms with Crippen molar-refractivity contribution < 1.29 is 0 Å². The molecule has 1 aliphatic carbocycles. The van der Waals surface area contributed by atoms with E-state index in [9.17, 15) is 0 Å². The first-order chi connectivity index (χ1) is 8.57. The Morgan fingerprint density at radius 2 is 1.83 bits per heavy atom. The van der Waals surface area contributed by atoms with Crippen LogP contribution in [0.25, 0.3) is 0 Å². The van der Waals surface area contributed by atoms with Crippen LogP contribution in [0.2, 0.25) is 0 Å². The van der Waals surface area contributed by atoms with Crippen molar-refractivity contribution in [3.63, 3.8) is 0 Å². The molecule has 0 aliphatic heterocycles. The fraction of sp³-hybridized carbons (Fsp3) is 0.938. The van der Waals surface area contributed by atoms with Gasteiger partial charge in [0.1, 0.15) is 0 Å². The number of rotatable bonds is 7. The zero-order chi connectivity index (χ0) is 13.4. The second kappa shape index (κ2) is 7.79. The van der Waals surface area contributed by atoms with E-state index in [2.05, 4.69) is 18.3 Å². The van der Waals surface area contributed by atoms with Crippen LogP contribution in [-0.4, -0.2) is 12.6 Å². The standard InChI is InChI=1S/C16H30N2/c1-4-14-7-9-15(10-8-14)18-12-6-5-11-16(2,3)13-17/h14-15,18H,4-12H2,1-3H3. The number of nitriles is 1. The lowest BCUT2D eigenvalue weighted by Crippen LogP contribution is -2.33. The molecule has 0 aromatic heterocycles. The maximum atomic E-state index is 8.94. The molecule has 0 bridgehead atoms. The summed E-state index contributed by atoms with van der Waals surface area (Å²) in [6.45, 7) is 7.51. The molecule has 2 nitrogen and oxygen atoms in total. The van der Waals surface area contributed by atoms with E-state index in [1.807, 2.05) is 13.8 Å². The normalized spacial score (nSPS) is 24.8. The summed E-state index contributed by atoms with van der Waals surface area (Å²) in [6.07, 6.45) is 10.3. The molecule has 0 unspecified atom stereocenters. The van der Waals surface area contributed by atoms with Crippen LogP contribution in [0, 0.1) is 22.7 Å². The van der Waals surface area contributed by atoms with Crippen LogP contribution in [0.3, 0.4) is 0 Å². The Hall–Kier alpha value is -0.550. The summed E-state index contributed by atoms with van der Waals surface area (Å²) in [5.74, 6) is 0.986. The molecule has 0 saturated heterocycles. The maximum absolute atomic E-state index is 8.94. The Morgan fingerprint density at radius 1 is 1.17 bits per heavy atom. The first-order valence-corrected chi connectivity index (χ1v) is 7.72. The van der Waals surface area contributed by atoms with Crippen molar-refractivity contribution in [2.24, 2.45) is 11.3 Å². The number of nitrogens with zero attached hydrogens (tertiary/aromatic N) is 1. The van der Waals surface area contributed by atoms with Crippen LogP contribution in [-0.2, 0) is 0 Å². The molecule has 0 spiro atoms. The van der Waals surface area contributed by atoms with Gasteiger partial charge in [0.05, 0.1) is 11.5 Å². The Kier molecular flexibility index (Phi) is 6.71. The molecular formula is C16H30N2. The van der Waals surface area contributed by atoms with Gasteiger partial charge >= 0.3 is 0 Å². The maximum Gasteiger partial charge on any atom is 0.0683 e. The minimum absolute atomic E-state index is 0.140. The van der Waals surface area contributed by atoms with Gasteiger partial charge in [0, 0.05) is 6.04 Å². The Bertz CT molecular complexity index is 257. The zero-order valence-corrected chi connectivity index (χ0v) is 12.5. The highest BCUT2D eigenvalue weighted by Crippen LogP contribution is 2.26. The van der Waals surface area contributed by atoms with Crippen molar-refractivity contribution in [1.82, 2.24) is 5.32 Å². The topological polar surface area (TPSA) is 35.8 Å². The highest BCUT2D eigenvalue weighted by atomic mass is 14.9. The third-order valence-electron chi connectivity index (χ3n) is 4.39. The van der Waals surface area contributed by atoms with Gasteiger partial charge in [0.2, 0.25) is 0 Å². The number of hydrogen-bond donors (Lipinski definition) is 1. The molecule has 104 valence electrons. The van der Waals surface area contributed by atoms with E-state index in [4.69, 9.17) is 5.26 Å². The molecule has 0 radical (unpaired) electrons. The van der Waals surface area contributed by atoms with Crippen LogP contribution < -0.4 is 5.32 Å². The van der Waals surface area contributed by atoms with Crippen molar-refractivity contribution in [1.29, 1.82) is 5.26 Å². The van der Waals surface area contributed by atoms with Crippen molar-refractivity contribution in [3.8, 4) is 6.07 Å². The molecule has 2 heteroatoms. The zero-order valence-electron chi connectivity index (χ0n) is 12.5. The van der Waals surface area contributed by atoms with E-state index in [-0.39, 0.29) is 5.41 Å². The predicted octanol–water partition coefficient (Wildman–Crippen LogP) is 4.26. The molecule has 1 saturated carbocycles. The second-order valence-corrected chi connectivity index (χ2v) is 6.53. The van der Waals surface area contributed by atoms with Crippen molar-refractivity contribution in [3.05, 3.63) is 0 Å². The van der Waals surface area contributed by atoms with Crippen LogP contribution >= 0.6 is 0 Å². The first kappa shape index (κ1) is 15.5. The van der Waals surface area contributed by atoms with Crippen LogP contribution in [0.5, 0.6) is 0 Å². The van der Waals surface area contributed by atoms with E-state index in [0.717, 1.165) is 31.3 Å². The molecule has 0 amide bonds. The summed E-state index contributed by atoms with van der Waals surface area (Å²) in [5.41, 5.74) is -0.140. The summed E-state index contributed by atoms with van der Waals surface area (Å²) in [5, 5.41) is 12.6. The van der Waals surface area contributed by atoms with Gasteiger partial charge < -0.3 is 5.32 Å². The van der Waals surface area contributed by atoms with Crippen LogP contribution in [0.15, 0.2) is 0 Å². The van der Waals surface area contributed by atoms with Gasteiger partial charge in [-0.3, -0.25) is 0 Å². The van der Waals surface area contributed by atoms with E-state index in [0.29, 0.717) is 0 Å². The molecule has 0 aromatic rings. The van der Waals surface area contributed by atoms with Crippen molar-refractivity contribution in [2.45, 2.75) is 78.2 Å². The van der Waals surface area contributed by atoms with Gasteiger partial charge in [-0.05, 0) is 64.8 Å². The number of hydrogen-bond acceptors (Lipinski definition) is 2. The molecule has 0 atom stereocenters. The average Bonchev–Trinajstić information content (AvgIpc) is 2.39. The highest BCUT2D eigenvalue weighted by Gasteiger charge is 2.19. The highest BCUT2D eigenvalue weighted by molar-refractivity contribution is 4.91. The number of nitrogens with one attached hydrogen (secondary N) is 1. The summed E-state index contributed by atoms with van der Waals surface area (Å²) >= 11 is 0. The fourth-order valence-electron chi connectivity index (χ4n) is 2.83. The lowest BCUT2D eigenvalue weighted by molar-refractivity contribution is 0.284. The van der Waals surface area contributed by atoms with Gasteiger partial charge in [-0.2, -0.15) is 5.26 Å².